The summed E-state index contributed by atoms with van der Waals surface area (Å²) >= 11 is 0. The molecule has 0 heterocycles. The van der Waals surface area contributed by atoms with Crippen molar-refractivity contribution >= 4 is 18.3 Å². The maximum Gasteiger partial charge on any atom is 0.234 e. The number of amides is 1. The van der Waals surface area contributed by atoms with Crippen molar-refractivity contribution in [2.75, 3.05) is 40.5 Å². The van der Waals surface area contributed by atoms with Crippen LogP contribution in [0.25, 0.3) is 0 Å². The van der Waals surface area contributed by atoms with E-state index in [0.29, 0.717) is 26.3 Å². The summed E-state index contributed by atoms with van der Waals surface area (Å²) in [7, 11) is 3.29. The maximum atomic E-state index is 11.3. The Morgan fingerprint density at radius 1 is 1.25 bits per heavy atom. The third-order valence-corrected chi connectivity index (χ3v) is 1.93. The Labute approximate surface area is 104 Å². The van der Waals surface area contributed by atoms with Crippen molar-refractivity contribution in [3.63, 3.8) is 0 Å². The standard InChI is InChI=1S/C10H22N2O3.ClH/c1-9(4-6-14-2)12-10(13)8-11-5-7-15-3;/h9,11H,4-8H2,1-3H3,(H,12,13);1H. The van der Waals surface area contributed by atoms with Gasteiger partial charge in [0.2, 0.25) is 5.91 Å². The van der Waals surface area contributed by atoms with Crippen LogP contribution < -0.4 is 10.6 Å². The van der Waals surface area contributed by atoms with Crippen LogP contribution in [0.2, 0.25) is 0 Å². The first-order valence-electron chi connectivity index (χ1n) is 5.18. The van der Waals surface area contributed by atoms with Crippen molar-refractivity contribution in [1.29, 1.82) is 0 Å². The predicted octanol–water partition coefficient (Wildman–Crippen LogP) is 0.185. The fourth-order valence-electron chi connectivity index (χ4n) is 1.07. The molecule has 0 fully saturated rings. The van der Waals surface area contributed by atoms with E-state index < -0.39 is 0 Å². The quantitative estimate of drug-likeness (QED) is 0.577. The highest BCUT2D eigenvalue weighted by molar-refractivity contribution is 5.85. The molecular weight excluding hydrogens is 232 g/mol. The fourth-order valence-corrected chi connectivity index (χ4v) is 1.07. The van der Waals surface area contributed by atoms with Crippen LogP contribution in [0.5, 0.6) is 0 Å². The van der Waals surface area contributed by atoms with E-state index in [-0.39, 0.29) is 24.4 Å². The highest BCUT2D eigenvalue weighted by atomic mass is 35.5. The molecule has 98 valence electrons. The lowest BCUT2D eigenvalue weighted by atomic mass is 10.2. The molecule has 16 heavy (non-hydrogen) atoms. The Hall–Kier alpha value is -0.360. The van der Waals surface area contributed by atoms with Gasteiger partial charge in [0.05, 0.1) is 13.2 Å². The molecule has 0 aromatic carbocycles. The van der Waals surface area contributed by atoms with Crippen molar-refractivity contribution in [3.8, 4) is 0 Å². The molecule has 0 aliphatic rings. The number of hydrogen-bond acceptors (Lipinski definition) is 4. The van der Waals surface area contributed by atoms with Gasteiger partial charge in [-0.25, -0.2) is 0 Å². The molecule has 0 rings (SSSR count). The summed E-state index contributed by atoms with van der Waals surface area (Å²) in [6, 6.07) is 0.154. The lowest BCUT2D eigenvalue weighted by Gasteiger charge is -2.13. The van der Waals surface area contributed by atoms with Gasteiger partial charge in [0, 0.05) is 33.4 Å². The van der Waals surface area contributed by atoms with E-state index in [1.54, 1.807) is 14.2 Å². The maximum absolute atomic E-state index is 11.3. The lowest BCUT2D eigenvalue weighted by Crippen LogP contribution is -2.40. The molecule has 0 aliphatic carbocycles. The third kappa shape index (κ3) is 11.7. The van der Waals surface area contributed by atoms with Gasteiger partial charge in [-0.2, -0.15) is 0 Å². The molecule has 2 N–H and O–H groups in total. The Kier molecular flexibility index (Phi) is 14.3. The highest BCUT2D eigenvalue weighted by Gasteiger charge is 2.05. The molecule has 6 heteroatoms. The number of carbonyl (C=O) groups is 1. The highest BCUT2D eigenvalue weighted by Crippen LogP contribution is 1.89. The van der Waals surface area contributed by atoms with Crippen molar-refractivity contribution in [3.05, 3.63) is 0 Å². The first-order valence-corrected chi connectivity index (χ1v) is 5.18. The van der Waals surface area contributed by atoms with Crippen LogP contribution in [0.1, 0.15) is 13.3 Å². The molecule has 0 aromatic rings. The van der Waals surface area contributed by atoms with Crippen LogP contribution in [0, 0.1) is 0 Å². The number of nitrogens with one attached hydrogen (secondary N) is 2. The normalized spacial score (nSPS) is 11.7. The second-order valence-electron chi connectivity index (χ2n) is 3.42. The smallest absolute Gasteiger partial charge is 0.234 e. The van der Waals surface area contributed by atoms with Gasteiger partial charge in [-0.1, -0.05) is 0 Å². The average molecular weight is 255 g/mol. The topological polar surface area (TPSA) is 59.6 Å². The van der Waals surface area contributed by atoms with E-state index in [0.717, 1.165) is 6.42 Å². The van der Waals surface area contributed by atoms with Crippen LogP contribution in [-0.4, -0.2) is 52.5 Å². The third-order valence-electron chi connectivity index (χ3n) is 1.93. The Bertz CT molecular complexity index is 170. The van der Waals surface area contributed by atoms with Gasteiger partial charge in [-0.15, -0.1) is 12.4 Å². The summed E-state index contributed by atoms with van der Waals surface area (Å²) in [5.41, 5.74) is 0. The molecule has 5 nitrogen and oxygen atoms in total. The van der Waals surface area contributed by atoms with Crippen LogP contribution in [0.15, 0.2) is 0 Å². The second-order valence-corrected chi connectivity index (χ2v) is 3.42. The first-order chi connectivity index (χ1) is 7.20. The summed E-state index contributed by atoms with van der Waals surface area (Å²) in [5, 5.41) is 5.85. The van der Waals surface area contributed by atoms with Crippen LogP contribution in [0.3, 0.4) is 0 Å². The van der Waals surface area contributed by atoms with E-state index in [4.69, 9.17) is 9.47 Å². The van der Waals surface area contributed by atoms with E-state index in [1.165, 1.54) is 0 Å². The van der Waals surface area contributed by atoms with Gasteiger partial charge < -0.3 is 20.1 Å². The molecular formula is C10H23ClN2O3. The summed E-state index contributed by atoms with van der Waals surface area (Å²) in [6.45, 7) is 4.27. The van der Waals surface area contributed by atoms with Gasteiger partial charge >= 0.3 is 0 Å². The number of methoxy groups -OCH3 is 2. The minimum absolute atomic E-state index is 0. The molecule has 1 unspecified atom stereocenters. The summed E-state index contributed by atoms with van der Waals surface area (Å²) in [4.78, 5) is 11.3. The number of rotatable bonds is 9. The van der Waals surface area contributed by atoms with Crippen molar-refractivity contribution in [2.24, 2.45) is 0 Å². The zero-order valence-electron chi connectivity index (χ0n) is 10.2. The minimum Gasteiger partial charge on any atom is -0.385 e. The zero-order valence-corrected chi connectivity index (χ0v) is 11.1. The summed E-state index contributed by atoms with van der Waals surface area (Å²) < 4.78 is 9.77. The molecule has 0 aliphatic heterocycles. The molecule has 1 atom stereocenters. The fraction of sp³-hybridized carbons (Fsp3) is 0.900. The van der Waals surface area contributed by atoms with E-state index in [2.05, 4.69) is 10.6 Å². The van der Waals surface area contributed by atoms with E-state index >= 15 is 0 Å². The van der Waals surface area contributed by atoms with Gasteiger partial charge in [0.15, 0.2) is 0 Å². The van der Waals surface area contributed by atoms with Gasteiger partial charge in [0.25, 0.3) is 0 Å². The number of halogens is 1. The van der Waals surface area contributed by atoms with Gasteiger partial charge in [-0.05, 0) is 13.3 Å². The van der Waals surface area contributed by atoms with Crippen LogP contribution >= 0.6 is 12.4 Å². The number of ether oxygens (including phenoxy) is 2. The molecule has 0 aromatic heterocycles. The first kappa shape index (κ1) is 18.0. The van der Waals surface area contributed by atoms with E-state index in [9.17, 15) is 4.79 Å². The Balaban J connectivity index is 0. The largest absolute Gasteiger partial charge is 0.385 e. The second kappa shape index (κ2) is 12.7. The van der Waals surface area contributed by atoms with Crippen molar-refractivity contribution in [2.45, 2.75) is 19.4 Å². The zero-order chi connectivity index (χ0) is 11.5. The molecule has 0 radical (unpaired) electrons. The molecule has 0 saturated heterocycles. The summed E-state index contributed by atoms with van der Waals surface area (Å²) in [6.07, 6.45) is 0.834. The molecule has 0 spiro atoms. The van der Waals surface area contributed by atoms with E-state index in [1.807, 2.05) is 6.92 Å². The number of carbonyl (C=O) groups excluding carboxylic acids is 1. The minimum atomic E-state index is 0. The molecule has 1 amide bonds. The van der Waals surface area contributed by atoms with Gasteiger partial charge in [-0.3, -0.25) is 4.79 Å². The summed E-state index contributed by atoms with van der Waals surface area (Å²) in [5.74, 6) is 0.00899. The Morgan fingerprint density at radius 2 is 1.88 bits per heavy atom. The monoisotopic (exact) mass is 254 g/mol. The number of hydrogen-bond donors (Lipinski definition) is 2. The van der Waals surface area contributed by atoms with Gasteiger partial charge in [0.1, 0.15) is 0 Å². The lowest BCUT2D eigenvalue weighted by molar-refractivity contribution is -0.120. The van der Waals surface area contributed by atoms with Crippen molar-refractivity contribution in [1.82, 2.24) is 10.6 Å². The average Bonchev–Trinajstić information content (AvgIpc) is 2.21. The SMILES string of the molecule is COCCNCC(=O)NC(C)CCOC.Cl. The van der Waals surface area contributed by atoms with Crippen molar-refractivity contribution < 1.29 is 14.3 Å². The Morgan fingerprint density at radius 3 is 2.44 bits per heavy atom. The van der Waals surface area contributed by atoms with Crippen LogP contribution in [-0.2, 0) is 14.3 Å². The molecule has 0 bridgehead atoms. The molecule has 0 saturated carbocycles. The predicted molar refractivity (Wildman–Crippen MR) is 66.1 cm³/mol. The van der Waals surface area contributed by atoms with Crippen LogP contribution in [0.4, 0.5) is 0 Å².